The smallest absolute Gasteiger partial charge is 0.313 e. The minimum absolute atomic E-state index is 0.232. The van der Waals surface area contributed by atoms with Crippen molar-refractivity contribution in [3.05, 3.63) is 89.5 Å². The first-order valence-electron chi connectivity index (χ1n) is 10.1. The van der Waals surface area contributed by atoms with Crippen molar-refractivity contribution in [1.82, 2.24) is 14.5 Å². The zero-order valence-corrected chi connectivity index (χ0v) is 18.5. The van der Waals surface area contributed by atoms with Crippen molar-refractivity contribution >= 4 is 34.7 Å². The number of carboxylic acids is 1. The molecular formula is C24H20N4O4S. The van der Waals surface area contributed by atoms with Gasteiger partial charge in [0.15, 0.2) is 5.82 Å². The SMILES string of the molecule is Cn1ccnc1C(=O)c1ccc(NC(=O)CC(C(=O)O)c2csc(-c3ccccc3)n2)cc1. The first kappa shape index (κ1) is 22.1. The molecule has 0 bridgehead atoms. The predicted octanol–water partition coefficient (Wildman–Crippen LogP) is 3.97. The Morgan fingerprint density at radius 1 is 1.09 bits per heavy atom. The summed E-state index contributed by atoms with van der Waals surface area (Å²) >= 11 is 1.34. The lowest BCUT2D eigenvalue weighted by molar-refractivity contribution is -0.140. The molecule has 0 aliphatic heterocycles. The lowest BCUT2D eigenvalue weighted by Gasteiger charge is -2.11. The van der Waals surface area contributed by atoms with Gasteiger partial charge < -0.3 is 15.0 Å². The molecular weight excluding hydrogens is 440 g/mol. The molecule has 4 aromatic rings. The second kappa shape index (κ2) is 9.58. The summed E-state index contributed by atoms with van der Waals surface area (Å²) in [6, 6.07) is 15.8. The maximum atomic E-state index is 12.5. The van der Waals surface area contributed by atoms with Gasteiger partial charge in [0.05, 0.1) is 5.69 Å². The van der Waals surface area contributed by atoms with Gasteiger partial charge in [-0.2, -0.15) is 0 Å². The molecule has 8 nitrogen and oxygen atoms in total. The number of amides is 1. The maximum Gasteiger partial charge on any atom is 0.313 e. The average Bonchev–Trinajstić information content (AvgIpc) is 3.47. The summed E-state index contributed by atoms with van der Waals surface area (Å²) < 4.78 is 1.63. The van der Waals surface area contributed by atoms with Gasteiger partial charge in [-0.25, -0.2) is 9.97 Å². The number of benzene rings is 2. The molecule has 166 valence electrons. The van der Waals surface area contributed by atoms with E-state index in [0.29, 0.717) is 27.8 Å². The first-order chi connectivity index (χ1) is 15.9. The van der Waals surface area contributed by atoms with Gasteiger partial charge in [0.2, 0.25) is 11.7 Å². The largest absolute Gasteiger partial charge is 0.481 e. The number of nitrogens with zero attached hydrogens (tertiary/aromatic N) is 3. The van der Waals surface area contributed by atoms with Gasteiger partial charge in [0.25, 0.3) is 0 Å². The zero-order valence-electron chi connectivity index (χ0n) is 17.6. The van der Waals surface area contributed by atoms with E-state index in [1.54, 1.807) is 53.7 Å². The van der Waals surface area contributed by atoms with E-state index in [2.05, 4.69) is 15.3 Å². The fourth-order valence-electron chi connectivity index (χ4n) is 3.29. The summed E-state index contributed by atoms with van der Waals surface area (Å²) in [6.07, 6.45) is 2.97. The number of carbonyl (C=O) groups is 3. The molecule has 9 heteroatoms. The van der Waals surface area contributed by atoms with Crippen molar-refractivity contribution in [3.8, 4) is 10.6 Å². The Balaban J connectivity index is 1.42. The molecule has 1 unspecified atom stereocenters. The van der Waals surface area contributed by atoms with Crippen molar-refractivity contribution in [2.45, 2.75) is 12.3 Å². The normalized spacial score (nSPS) is 11.7. The summed E-state index contributed by atoms with van der Waals surface area (Å²) in [5.74, 6) is -2.56. The van der Waals surface area contributed by atoms with E-state index in [1.807, 2.05) is 30.3 Å². The fraction of sp³-hybridized carbons (Fsp3) is 0.125. The molecule has 1 amide bonds. The molecule has 33 heavy (non-hydrogen) atoms. The van der Waals surface area contributed by atoms with E-state index >= 15 is 0 Å². The number of carbonyl (C=O) groups excluding carboxylic acids is 2. The lowest BCUT2D eigenvalue weighted by atomic mass is 10.0. The van der Waals surface area contributed by atoms with Crippen LogP contribution in [0.1, 0.15) is 34.2 Å². The summed E-state index contributed by atoms with van der Waals surface area (Å²) in [5.41, 5.74) is 2.13. The number of aromatic nitrogens is 3. The van der Waals surface area contributed by atoms with Crippen LogP contribution in [0, 0.1) is 0 Å². The number of hydrogen-bond acceptors (Lipinski definition) is 6. The Labute approximate surface area is 193 Å². The number of rotatable bonds is 8. The molecule has 0 fully saturated rings. The van der Waals surface area contributed by atoms with Crippen LogP contribution in [0.15, 0.2) is 72.4 Å². The highest BCUT2D eigenvalue weighted by molar-refractivity contribution is 7.13. The quantitative estimate of drug-likeness (QED) is 0.385. The van der Waals surface area contributed by atoms with Crippen molar-refractivity contribution in [3.63, 3.8) is 0 Å². The van der Waals surface area contributed by atoms with Crippen LogP contribution in [-0.4, -0.2) is 37.3 Å². The Morgan fingerprint density at radius 2 is 1.82 bits per heavy atom. The van der Waals surface area contributed by atoms with Gasteiger partial charge in [-0.1, -0.05) is 30.3 Å². The van der Waals surface area contributed by atoms with Gasteiger partial charge in [-0.3, -0.25) is 14.4 Å². The van der Waals surface area contributed by atoms with Crippen LogP contribution in [0.25, 0.3) is 10.6 Å². The average molecular weight is 461 g/mol. The third-order valence-electron chi connectivity index (χ3n) is 5.04. The van der Waals surface area contributed by atoms with Crippen LogP contribution in [0.2, 0.25) is 0 Å². The van der Waals surface area contributed by atoms with E-state index in [1.165, 1.54) is 11.3 Å². The second-order valence-electron chi connectivity index (χ2n) is 7.35. The van der Waals surface area contributed by atoms with Gasteiger partial charge in [-0.15, -0.1) is 11.3 Å². The number of aliphatic carboxylic acids is 1. The molecule has 2 aromatic carbocycles. The summed E-state index contributed by atoms with van der Waals surface area (Å²) in [4.78, 5) is 45.4. The van der Waals surface area contributed by atoms with Gasteiger partial charge in [0, 0.05) is 48.1 Å². The number of nitrogens with one attached hydrogen (secondary N) is 1. The van der Waals surface area contributed by atoms with E-state index in [4.69, 9.17) is 0 Å². The summed E-state index contributed by atoms with van der Waals surface area (Å²) in [6.45, 7) is 0. The monoisotopic (exact) mass is 460 g/mol. The van der Waals surface area contributed by atoms with Crippen molar-refractivity contribution < 1.29 is 19.5 Å². The maximum absolute atomic E-state index is 12.5. The topological polar surface area (TPSA) is 114 Å². The van der Waals surface area contributed by atoms with Crippen LogP contribution >= 0.6 is 11.3 Å². The van der Waals surface area contributed by atoms with E-state index < -0.39 is 17.8 Å². The minimum atomic E-state index is -1.12. The molecule has 0 saturated heterocycles. The Kier molecular flexibility index (Phi) is 6.41. The predicted molar refractivity (Wildman–Crippen MR) is 124 cm³/mol. The van der Waals surface area contributed by atoms with Crippen molar-refractivity contribution in [2.24, 2.45) is 7.05 Å². The molecule has 2 N–H and O–H groups in total. The lowest BCUT2D eigenvalue weighted by Crippen LogP contribution is -2.21. The zero-order chi connectivity index (χ0) is 23.4. The summed E-state index contributed by atoms with van der Waals surface area (Å²) in [7, 11) is 1.73. The second-order valence-corrected chi connectivity index (χ2v) is 8.21. The Bertz CT molecular complexity index is 1300. The van der Waals surface area contributed by atoms with Gasteiger partial charge in [-0.05, 0) is 24.3 Å². The number of imidazole rings is 1. The number of carboxylic acid groups (broad SMARTS) is 1. The number of anilines is 1. The molecule has 4 rings (SSSR count). The third-order valence-corrected chi connectivity index (χ3v) is 5.95. The molecule has 0 aliphatic rings. The fourth-order valence-corrected chi connectivity index (χ4v) is 4.17. The number of hydrogen-bond donors (Lipinski definition) is 2. The van der Waals surface area contributed by atoms with E-state index in [0.717, 1.165) is 5.56 Å². The van der Waals surface area contributed by atoms with Crippen LogP contribution in [0.3, 0.4) is 0 Å². The van der Waals surface area contributed by atoms with Gasteiger partial charge in [0.1, 0.15) is 10.9 Å². The van der Waals surface area contributed by atoms with Crippen molar-refractivity contribution in [1.29, 1.82) is 0 Å². The molecule has 0 radical (unpaired) electrons. The molecule has 2 heterocycles. The Hall–Kier alpha value is -4.11. The highest BCUT2D eigenvalue weighted by atomic mass is 32.1. The molecule has 2 aromatic heterocycles. The first-order valence-corrected chi connectivity index (χ1v) is 11.0. The molecule has 0 saturated carbocycles. The van der Waals surface area contributed by atoms with Crippen LogP contribution in [0.4, 0.5) is 5.69 Å². The van der Waals surface area contributed by atoms with E-state index in [9.17, 15) is 19.5 Å². The van der Waals surface area contributed by atoms with Crippen LogP contribution in [-0.2, 0) is 16.6 Å². The van der Waals surface area contributed by atoms with Crippen LogP contribution < -0.4 is 5.32 Å². The molecule has 0 spiro atoms. The molecule has 0 aliphatic carbocycles. The molecule has 1 atom stereocenters. The number of aryl methyl sites for hydroxylation is 1. The minimum Gasteiger partial charge on any atom is -0.481 e. The van der Waals surface area contributed by atoms with E-state index in [-0.39, 0.29) is 12.2 Å². The van der Waals surface area contributed by atoms with Gasteiger partial charge >= 0.3 is 5.97 Å². The Morgan fingerprint density at radius 3 is 2.45 bits per heavy atom. The third kappa shape index (κ3) is 5.04. The highest BCUT2D eigenvalue weighted by Crippen LogP contribution is 2.29. The number of ketones is 1. The van der Waals surface area contributed by atoms with Crippen molar-refractivity contribution in [2.75, 3.05) is 5.32 Å². The standard InChI is InChI=1S/C24H20N4O4S/c1-28-12-11-25-22(28)21(30)15-7-9-17(10-8-15)26-20(29)13-18(24(31)32)19-14-33-23(27-19)16-5-3-2-4-6-16/h2-12,14,18H,13H2,1H3,(H,26,29)(H,31,32). The summed E-state index contributed by atoms with van der Waals surface area (Å²) in [5, 5.41) is 14.7. The van der Waals surface area contributed by atoms with Crippen LogP contribution in [0.5, 0.6) is 0 Å². The number of thiazole rings is 1. The highest BCUT2D eigenvalue weighted by Gasteiger charge is 2.26.